The van der Waals surface area contributed by atoms with Crippen molar-refractivity contribution in [1.29, 1.82) is 0 Å². The lowest BCUT2D eigenvalue weighted by atomic mass is 10.3. The second kappa shape index (κ2) is 28.1. The van der Waals surface area contributed by atoms with Crippen molar-refractivity contribution < 1.29 is 48.4 Å². The largest absolute Gasteiger partial charge is 0.481 e. The number of anilines is 3. The number of piperazine rings is 1. The average molecular weight is 783 g/mol. The SMILES string of the molecule is COC(=O)CCN(CCCNc1nc(NCCCCOC(=O)CCN2CCN(C)CC2)nc(NCCCN(CCC(=O)O)CCC(=O)O)n1)CCC(=O)OC. The summed E-state index contributed by atoms with van der Waals surface area (Å²) in [4.78, 5) is 79.6. The van der Waals surface area contributed by atoms with Gasteiger partial charge in [0.2, 0.25) is 17.8 Å². The van der Waals surface area contributed by atoms with Crippen LogP contribution >= 0.6 is 0 Å². The summed E-state index contributed by atoms with van der Waals surface area (Å²) in [5, 5.41) is 27.8. The Morgan fingerprint density at radius 2 is 1.04 bits per heavy atom. The van der Waals surface area contributed by atoms with E-state index in [1.807, 2.05) is 9.80 Å². The van der Waals surface area contributed by atoms with Crippen LogP contribution in [0.2, 0.25) is 0 Å². The summed E-state index contributed by atoms with van der Waals surface area (Å²) >= 11 is 0. The van der Waals surface area contributed by atoms with Crippen molar-refractivity contribution in [3.8, 4) is 0 Å². The van der Waals surface area contributed by atoms with Gasteiger partial charge in [-0.1, -0.05) is 0 Å². The number of nitrogens with one attached hydrogen (secondary N) is 3. The molecule has 0 amide bonds. The molecule has 1 fully saturated rings. The number of methoxy groups -OCH3 is 2. The van der Waals surface area contributed by atoms with Gasteiger partial charge in [0, 0.05) is 78.5 Å². The van der Waals surface area contributed by atoms with Crippen LogP contribution in [0.4, 0.5) is 17.8 Å². The van der Waals surface area contributed by atoms with Crippen LogP contribution in [0.25, 0.3) is 0 Å². The van der Waals surface area contributed by atoms with Crippen molar-refractivity contribution in [3.05, 3.63) is 0 Å². The number of likely N-dealkylation sites (N-methyl/N-ethyl adjacent to an activating group) is 1. The highest BCUT2D eigenvalue weighted by Crippen LogP contribution is 2.11. The van der Waals surface area contributed by atoms with Crippen molar-refractivity contribution in [1.82, 2.24) is 34.6 Å². The number of aromatic nitrogens is 3. The number of aliphatic carboxylic acids is 2. The number of esters is 3. The fourth-order valence-corrected chi connectivity index (χ4v) is 5.51. The van der Waals surface area contributed by atoms with E-state index in [1.54, 1.807) is 0 Å². The number of carbonyl (C=O) groups excluding carboxylic acids is 3. The van der Waals surface area contributed by atoms with Gasteiger partial charge in [-0.05, 0) is 45.8 Å². The van der Waals surface area contributed by atoms with E-state index in [4.69, 9.17) is 24.4 Å². The Bertz CT molecular complexity index is 1260. The third kappa shape index (κ3) is 23.2. The van der Waals surface area contributed by atoms with E-state index in [1.165, 1.54) is 14.2 Å². The van der Waals surface area contributed by atoms with Gasteiger partial charge in [-0.3, -0.25) is 24.0 Å². The number of hydrogen-bond acceptors (Lipinski definition) is 18. The van der Waals surface area contributed by atoms with Crippen molar-refractivity contribution in [2.75, 3.05) is 135 Å². The zero-order chi connectivity index (χ0) is 40.3. The van der Waals surface area contributed by atoms with Gasteiger partial charge in [0.1, 0.15) is 0 Å². The highest BCUT2D eigenvalue weighted by atomic mass is 16.5. The molecule has 2 rings (SSSR count). The van der Waals surface area contributed by atoms with Crippen molar-refractivity contribution in [2.45, 2.75) is 57.8 Å². The highest BCUT2D eigenvalue weighted by Gasteiger charge is 2.16. The number of ether oxygens (including phenoxy) is 3. The van der Waals surface area contributed by atoms with Crippen molar-refractivity contribution in [3.63, 3.8) is 0 Å². The van der Waals surface area contributed by atoms with E-state index >= 15 is 0 Å². The summed E-state index contributed by atoms with van der Waals surface area (Å²) < 4.78 is 14.9. The zero-order valence-corrected chi connectivity index (χ0v) is 32.8. The van der Waals surface area contributed by atoms with Crippen molar-refractivity contribution >= 4 is 47.7 Å². The number of carbonyl (C=O) groups is 5. The molecule has 0 bridgehead atoms. The van der Waals surface area contributed by atoms with Crippen LogP contribution in [0, 0.1) is 0 Å². The summed E-state index contributed by atoms with van der Waals surface area (Å²) in [6.07, 6.45) is 3.19. The maximum absolute atomic E-state index is 12.2. The van der Waals surface area contributed by atoms with Gasteiger partial charge in [0.05, 0.1) is 52.9 Å². The molecule has 0 saturated carbocycles. The van der Waals surface area contributed by atoms with E-state index in [-0.39, 0.29) is 56.7 Å². The minimum atomic E-state index is -0.948. The lowest BCUT2D eigenvalue weighted by Crippen LogP contribution is -2.45. The predicted molar refractivity (Wildman–Crippen MR) is 204 cm³/mol. The molecule has 1 aliphatic rings. The standard InChI is InChI=1S/C35H62N10O10/c1-42-23-25-45(26-24-42)22-12-32(52)55-27-5-4-13-36-33-39-34(37-14-6-16-43(18-8-28(46)47)19-9-29(48)49)41-35(40-33)38-15-7-17-44(20-10-30(50)53-2)21-11-31(51)54-3/h4-27H2,1-3H3,(H,46,47)(H,48,49)(H3,36,37,38,39,40,41). The lowest BCUT2D eigenvalue weighted by molar-refractivity contribution is -0.144. The Morgan fingerprint density at radius 3 is 1.47 bits per heavy atom. The molecule has 20 heteroatoms. The van der Waals surface area contributed by atoms with E-state index < -0.39 is 11.9 Å². The predicted octanol–water partition coefficient (Wildman–Crippen LogP) is 0.528. The van der Waals surface area contributed by atoms with Crippen LogP contribution in [0.15, 0.2) is 0 Å². The molecule has 312 valence electrons. The third-order valence-electron chi connectivity index (χ3n) is 8.85. The first-order valence-corrected chi connectivity index (χ1v) is 19.0. The summed E-state index contributed by atoms with van der Waals surface area (Å²) in [5.74, 6) is -1.78. The first kappa shape index (κ1) is 46.8. The van der Waals surface area contributed by atoms with Crippen LogP contribution in [0.3, 0.4) is 0 Å². The molecule has 1 saturated heterocycles. The molecular formula is C35H62N10O10. The molecule has 5 N–H and O–H groups in total. The smallest absolute Gasteiger partial charge is 0.307 e. The molecule has 0 aliphatic carbocycles. The van der Waals surface area contributed by atoms with Crippen LogP contribution in [-0.4, -0.2) is 194 Å². The average Bonchev–Trinajstić information content (AvgIpc) is 3.17. The number of nitrogens with zero attached hydrogens (tertiary/aromatic N) is 7. The third-order valence-corrected chi connectivity index (χ3v) is 8.85. The number of unbranched alkanes of at least 4 members (excludes halogenated alkanes) is 1. The van der Waals surface area contributed by atoms with Gasteiger partial charge >= 0.3 is 29.8 Å². The fraction of sp³-hybridized carbons (Fsp3) is 0.771. The fourth-order valence-electron chi connectivity index (χ4n) is 5.51. The summed E-state index contributed by atoms with van der Waals surface area (Å²) in [6, 6.07) is 0. The molecule has 0 spiro atoms. The molecule has 0 atom stereocenters. The summed E-state index contributed by atoms with van der Waals surface area (Å²) in [7, 11) is 4.76. The normalized spacial score (nSPS) is 13.4. The van der Waals surface area contributed by atoms with Gasteiger partial charge in [-0.2, -0.15) is 15.0 Å². The Morgan fingerprint density at radius 1 is 0.600 bits per heavy atom. The second-order valence-corrected chi connectivity index (χ2v) is 13.2. The molecule has 1 aromatic heterocycles. The summed E-state index contributed by atoms with van der Waals surface area (Å²) in [5.41, 5.74) is 0. The molecule has 55 heavy (non-hydrogen) atoms. The first-order valence-electron chi connectivity index (χ1n) is 19.0. The van der Waals surface area contributed by atoms with E-state index in [2.05, 4.69) is 47.7 Å². The van der Waals surface area contributed by atoms with E-state index in [0.29, 0.717) is 109 Å². The maximum Gasteiger partial charge on any atom is 0.307 e. The topological polar surface area (TPSA) is 241 Å². The number of hydrogen-bond donors (Lipinski definition) is 5. The quantitative estimate of drug-likeness (QED) is 0.0392. The van der Waals surface area contributed by atoms with Crippen LogP contribution in [0.1, 0.15) is 57.8 Å². The monoisotopic (exact) mass is 782 g/mol. The van der Waals surface area contributed by atoms with Gasteiger partial charge in [-0.25, -0.2) is 0 Å². The minimum Gasteiger partial charge on any atom is -0.481 e. The molecule has 1 aromatic rings. The van der Waals surface area contributed by atoms with E-state index in [0.717, 1.165) is 26.2 Å². The van der Waals surface area contributed by atoms with Gasteiger partial charge < -0.3 is 60.0 Å². The molecular weight excluding hydrogens is 720 g/mol. The Hall–Kier alpha value is -4.40. The van der Waals surface area contributed by atoms with Crippen LogP contribution in [0.5, 0.6) is 0 Å². The van der Waals surface area contributed by atoms with Crippen LogP contribution < -0.4 is 16.0 Å². The number of carboxylic acids is 2. The maximum atomic E-state index is 12.2. The summed E-state index contributed by atoms with van der Waals surface area (Å²) in [6.45, 7) is 8.82. The minimum absolute atomic E-state index is 0.0851. The molecule has 0 unspecified atom stereocenters. The Labute approximate surface area is 323 Å². The first-order chi connectivity index (χ1) is 26.5. The molecule has 0 radical (unpaired) electrons. The molecule has 1 aliphatic heterocycles. The zero-order valence-electron chi connectivity index (χ0n) is 32.8. The second-order valence-electron chi connectivity index (χ2n) is 13.2. The number of carboxylic acid groups (broad SMARTS) is 2. The van der Waals surface area contributed by atoms with Gasteiger partial charge in [0.25, 0.3) is 0 Å². The molecule has 0 aromatic carbocycles. The molecule has 20 nitrogen and oxygen atoms in total. The number of rotatable bonds is 31. The van der Waals surface area contributed by atoms with Crippen LogP contribution in [-0.2, 0) is 38.2 Å². The molecule has 2 heterocycles. The van der Waals surface area contributed by atoms with Gasteiger partial charge in [-0.15, -0.1) is 0 Å². The van der Waals surface area contributed by atoms with E-state index in [9.17, 15) is 24.0 Å². The Kier molecular flexibility index (Phi) is 23.9. The Balaban J connectivity index is 1.92. The lowest BCUT2D eigenvalue weighted by Gasteiger charge is -2.31. The van der Waals surface area contributed by atoms with Crippen molar-refractivity contribution in [2.24, 2.45) is 0 Å². The highest BCUT2D eigenvalue weighted by molar-refractivity contribution is 5.70. The van der Waals surface area contributed by atoms with Gasteiger partial charge in [0.15, 0.2) is 0 Å².